The summed E-state index contributed by atoms with van der Waals surface area (Å²) >= 11 is 1.63. The van der Waals surface area contributed by atoms with Gasteiger partial charge in [-0.2, -0.15) is 5.26 Å². The van der Waals surface area contributed by atoms with Crippen molar-refractivity contribution in [2.24, 2.45) is 0 Å². The van der Waals surface area contributed by atoms with Crippen LogP contribution in [0.3, 0.4) is 0 Å². The molecule has 0 spiro atoms. The predicted octanol–water partition coefficient (Wildman–Crippen LogP) is 3.57. The van der Waals surface area contributed by atoms with Gasteiger partial charge in [-0.25, -0.2) is 4.98 Å². The van der Waals surface area contributed by atoms with E-state index >= 15 is 0 Å². The Labute approximate surface area is 134 Å². The lowest BCUT2D eigenvalue weighted by Crippen LogP contribution is -2.48. The Bertz CT molecular complexity index is 677. The Morgan fingerprint density at radius 3 is 2.82 bits per heavy atom. The molecular weight excluding hydrogens is 294 g/mol. The highest BCUT2D eigenvalue weighted by molar-refractivity contribution is 7.18. The van der Waals surface area contributed by atoms with Gasteiger partial charge in [-0.15, -0.1) is 11.3 Å². The average Bonchev–Trinajstić information content (AvgIpc) is 2.97. The number of rotatable bonds is 4. The Balaban J connectivity index is 1.59. The summed E-state index contributed by atoms with van der Waals surface area (Å²) in [6.45, 7) is 0. The first-order valence-corrected chi connectivity index (χ1v) is 8.59. The third kappa shape index (κ3) is 3.28. The summed E-state index contributed by atoms with van der Waals surface area (Å²) in [5.74, 6) is -0.0392. The molecule has 114 valence electrons. The molecular formula is C17H19N3OS. The molecule has 1 saturated carbocycles. The Morgan fingerprint density at radius 2 is 2.09 bits per heavy atom. The van der Waals surface area contributed by atoms with E-state index in [9.17, 15) is 10.1 Å². The second-order valence-corrected chi connectivity index (χ2v) is 6.99. The van der Waals surface area contributed by atoms with Crippen molar-refractivity contribution in [3.05, 3.63) is 29.3 Å². The molecule has 1 heterocycles. The van der Waals surface area contributed by atoms with Crippen LogP contribution in [0.15, 0.2) is 24.3 Å². The zero-order valence-corrected chi connectivity index (χ0v) is 13.3. The number of para-hydroxylation sites is 1. The van der Waals surface area contributed by atoms with Crippen LogP contribution in [0.1, 0.15) is 43.5 Å². The fourth-order valence-corrected chi connectivity index (χ4v) is 3.96. The molecule has 3 rings (SSSR count). The summed E-state index contributed by atoms with van der Waals surface area (Å²) in [7, 11) is 0. The number of thiazole rings is 1. The number of carbonyl (C=O) groups excluding carboxylic acids is 1. The summed E-state index contributed by atoms with van der Waals surface area (Å²) in [5.41, 5.74) is 0.354. The minimum Gasteiger partial charge on any atom is -0.338 e. The van der Waals surface area contributed by atoms with Gasteiger partial charge in [-0.1, -0.05) is 31.4 Å². The van der Waals surface area contributed by atoms with E-state index in [0.717, 1.165) is 47.3 Å². The first-order valence-electron chi connectivity index (χ1n) is 7.77. The lowest BCUT2D eigenvalue weighted by atomic mass is 9.83. The molecule has 1 N–H and O–H groups in total. The molecule has 1 amide bonds. The van der Waals surface area contributed by atoms with Crippen molar-refractivity contribution < 1.29 is 4.79 Å². The smallest absolute Gasteiger partial charge is 0.221 e. The molecule has 1 aromatic heterocycles. The standard InChI is InChI=1S/C17H19N3OS/c18-12-17(10-4-1-5-11-17)20-15(21)8-9-16-19-13-6-2-3-7-14(13)22-16/h2-3,6-7H,1,4-5,8-11H2,(H,20,21). The molecule has 0 unspecified atom stereocenters. The van der Waals surface area contributed by atoms with Gasteiger partial charge in [-0.05, 0) is 25.0 Å². The number of benzene rings is 1. The summed E-state index contributed by atoms with van der Waals surface area (Å²) in [4.78, 5) is 16.7. The summed E-state index contributed by atoms with van der Waals surface area (Å²) in [5, 5.41) is 13.3. The van der Waals surface area contributed by atoms with E-state index in [1.165, 1.54) is 0 Å². The van der Waals surface area contributed by atoms with Gasteiger partial charge >= 0.3 is 0 Å². The van der Waals surface area contributed by atoms with Crippen LogP contribution in [0.4, 0.5) is 0 Å². The number of carbonyl (C=O) groups is 1. The number of nitrogens with one attached hydrogen (secondary N) is 1. The molecule has 1 fully saturated rings. The molecule has 4 nitrogen and oxygen atoms in total. The van der Waals surface area contributed by atoms with E-state index in [1.807, 2.05) is 24.3 Å². The number of fused-ring (bicyclic) bond motifs is 1. The molecule has 0 radical (unpaired) electrons. The molecule has 1 aliphatic carbocycles. The van der Waals surface area contributed by atoms with Crippen LogP contribution in [0.25, 0.3) is 10.2 Å². The SMILES string of the molecule is N#CC1(NC(=O)CCc2nc3ccccc3s2)CCCCC1. The Kier molecular flexibility index (Phi) is 4.39. The summed E-state index contributed by atoms with van der Waals surface area (Å²) < 4.78 is 1.15. The van der Waals surface area contributed by atoms with Gasteiger partial charge in [0.2, 0.25) is 5.91 Å². The molecule has 5 heteroatoms. The van der Waals surface area contributed by atoms with Crippen LogP contribution in [-0.4, -0.2) is 16.4 Å². The quantitative estimate of drug-likeness (QED) is 0.938. The fourth-order valence-electron chi connectivity index (χ4n) is 3.00. The Morgan fingerprint density at radius 1 is 1.32 bits per heavy atom. The number of hydrogen-bond acceptors (Lipinski definition) is 4. The van der Waals surface area contributed by atoms with Crippen molar-refractivity contribution >= 4 is 27.5 Å². The summed E-state index contributed by atoms with van der Waals surface area (Å²) in [6, 6.07) is 10.3. The highest BCUT2D eigenvalue weighted by atomic mass is 32.1. The number of nitriles is 1. The van der Waals surface area contributed by atoms with Crippen molar-refractivity contribution in [2.45, 2.75) is 50.5 Å². The van der Waals surface area contributed by atoms with Gasteiger partial charge in [0.25, 0.3) is 0 Å². The maximum absolute atomic E-state index is 12.2. The van der Waals surface area contributed by atoms with Gasteiger partial charge in [-0.3, -0.25) is 4.79 Å². The average molecular weight is 313 g/mol. The monoisotopic (exact) mass is 313 g/mol. The van der Waals surface area contributed by atoms with Gasteiger partial charge in [0.05, 0.1) is 21.3 Å². The third-order valence-electron chi connectivity index (χ3n) is 4.20. The van der Waals surface area contributed by atoms with Crippen molar-refractivity contribution in [1.82, 2.24) is 10.3 Å². The van der Waals surface area contributed by atoms with Gasteiger partial charge in [0.1, 0.15) is 5.54 Å². The lowest BCUT2D eigenvalue weighted by Gasteiger charge is -2.31. The van der Waals surface area contributed by atoms with Crippen LogP contribution < -0.4 is 5.32 Å². The zero-order valence-electron chi connectivity index (χ0n) is 12.5. The molecule has 0 atom stereocenters. The minimum absolute atomic E-state index is 0.0392. The number of aromatic nitrogens is 1. The van der Waals surface area contributed by atoms with Crippen molar-refractivity contribution in [1.29, 1.82) is 5.26 Å². The second-order valence-electron chi connectivity index (χ2n) is 5.88. The van der Waals surface area contributed by atoms with Crippen molar-refractivity contribution in [2.75, 3.05) is 0 Å². The fraction of sp³-hybridized carbons (Fsp3) is 0.471. The summed E-state index contributed by atoms with van der Waals surface area (Å²) in [6.07, 6.45) is 5.77. The first kappa shape index (κ1) is 15.0. The molecule has 0 saturated heterocycles. The number of amides is 1. The zero-order chi connectivity index (χ0) is 15.4. The normalized spacial score (nSPS) is 17.0. The predicted molar refractivity (Wildman–Crippen MR) is 87.5 cm³/mol. The van der Waals surface area contributed by atoms with Gasteiger partial charge < -0.3 is 5.32 Å². The van der Waals surface area contributed by atoms with Crippen LogP contribution in [0, 0.1) is 11.3 Å². The van der Waals surface area contributed by atoms with Crippen LogP contribution in [0.5, 0.6) is 0 Å². The number of hydrogen-bond donors (Lipinski definition) is 1. The maximum Gasteiger partial charge on any atom is 0.221 e. The highest BCUT2D eigenvalue weighted by Gasteiger charge is 2.33. The Hall–Kier alpha value is -1.93. The minimum atomic E-state index is -0.636. The number of nitrogens with zero attached hydrogens (tertiary/aromatic N) is 2. The van der Waals surface area contributed by atoms with E-state index < -0.39 is 5.54 Å². The molecule has 1 aliphatic rings. The maximum atomic E-state index is 12.2. The largest absolute Gasteiger partial charge is 0.338 e. The lowest BCUT2D eigenvalue weighted by molar-refractivity contribution is -0.122. The van der Waals surface area contributed by atoms with E-state index in [1.54, 1.807) is 11.3 Å². The van der Waals surface area contributed by atoms with Crippen LogP contribution in [-0.2, 0) is 11.2 Å². The molecule has 0 bridgehead atoms. The molecule has 2 aromatic rings. The molecule has 22 heavy (non-hydrogen) atoms. The highest BCUT2D eigenvalue weighted by Crippen LogP contribution is 2.28. The number of aryl methyl sites for hydroxylation is 1. The molecule has 0 aliphatic heterocycles. The van der Waals surface area contributed by atoms with Crippen molar-refractivity contribution in [3.63, 3.8) is 0 Å². The van der Waals surface area contributed by atoms with Crippen LogP contribution in [0.2, 0.25) is 0 Å². The van der Waals surface area contributed by atoms with Crippen molar-refractivity contribution in [3.8, 4) is 6.07 Å². The van der Waals surface area contributed by atoms with E-state index in [-0.39, 0.29) is 5.91 Å². The molecule has 1 aromatic carbocycles. The van der Waals surface area contributed by atoms with Gasteiger partial charge in [0, 0.05) is 12.8 Å². The first-order chi connectivity index (χ1) is 10.7. The van der Waals surface area contributed by atoms with E-state index in [4.69, 9.17) is 0 Å². The third-order valence-corrected chi connectivity index (χ3v) is 5.30. The van der Waals surface area contributed by atoms with E-state index in [0.29, 0.717) is 12.8 Å². The topological polar surface area (TPSA) is 65.8 Å². The van der Waals surface area contributed by atoms with Crippen LogP contribution >= 0.6 is 11.3 Å². The van der Waals surface area contributed by atoms with E-state index in [2.05, 4.69) is 16.4 Å². The van der Waals surface area contributed by atoms with Gasteiger partial charge in [0.15, 0.2) is 0 Å². The second kappa shape index (κ2) is 6.45.